The predicted octanol–water partition coefficient (Wildman–Crippen LogP) is 2.59. The fraction of sp³-hybridized carbons (Fsp3) is 0.136. The molecule has 34 heavy (non-hydrogen) atoms. The van der Waals surface area contributed by atoms with Gasteiger partial charge in [-0.1, -0.05) is 30.3 Å². The second kappa shape index (κ2) is 9.19. The van der Waals surface area contributed by atoms with E-state index in [2.05, 4.69) is 15.6 Å². The summed E-state index contributed by atoms with van der Waals surface area (Å²) in [4.78, 5) is 64.1. The van der Waals surface area contributed by atoms with Gasteiger partial charge in [-0.3, -0.25) is 34.2 Å². The number of amides is 4. The van der Waals surface area contributed by atoms with E-state index < -0.39 is 34.9 Å². The fourth-order valence-corrected chi connectivity index (χ4v) is 4.13. The molecule has 0 atom stereocenters. The first kappa shape index (κ1) is 22.7. The van der Waals surface area contributed by atoms with E-state index in [4.69, 9.17) is 0 Å². The van der Waals surface area contributed by atoms with Crippen LogP contribution in [-0.4, -0.2) is 45.0 Å². The Kier molecular flexibility index (Phi) is 6.15. The van der Waals surface area contributed by atoms with Crippen LogP contribution in [0.25, 0.3) is 11.3 Å². The molecular weight excluding hydrogens is 462 g/mol. The lowest BCUT2D eigenvalue weighted by molar-refractivity contribution is -0.385. The molecule has 11 nitrogen and oxygen atoms in total. The van der Waals surface area contributed by atoms with Crippen LogP contribution < -0.4 is 10.6 Å². The van der Waals surface area contributed by atoms with E-state index in [-0.39, 0.29) is 22.2 Å². The number of rotatable bonds is 7. The van der Waals surface area contributed by atoms with Crippen molar-refractivity contribution >= 4 is 45.8 Å². The number of hydrogen-bond donors (Lipinski definition) is 2. The van der Waals surface area contributed by atoms with Gasteiger partial charge in [0.1, 0.15) is 12.1 Å². The molecule has 2 heterocycles. The highest BCUT2D eigenvalue weighted by Gasteiger charge is 2.41. The summed E-state index contributed by atoms with van der Waals surface area (Å²) in [6.45, 7) is 1.25. The normalized spacial score (nSPS) is 12.4. The van der Waals surface area contributed by atoms with Crippen LogP contribution in [0, 0.1) is 10.1 Å². The Morgan fingerprint density at radius 3 is 2.53 bits per heavy atom. The predicted molar refractivity (Wildman–Crippen MR) is 122 cm³/mol. The number of anilines is 1. The summed E-state index contributed by atoms with van der Waals surface area (Å²) in [6.07, 6.45) is 0. The zero-order chi connectivity index (χ0) is 24.4. The Morgan fingerprint density at radius 2 is 1.85 bits per heavy atom. The minimum atomic E-state index is -0.887. The minimum Gasteiger partial charge on any atom is -0.352 e. The van der Waals surface area contributed by atoms with Crippen molar-refractivity contribution in [3.8, 4) is 11.3 Å². The summed E-state index contributed by atoms with van der Waals surface area (Å²) >= 11 is 1.17. The van der Waals surface area contributed by atoms with E-state index in [9.17, 15) is 29.3 Å². The third-order valence-electron chi connectivity index (χ3n) is 5.02. The van der Waals surface area contributed by atoms with E-state index in [1.165, 1.54) is 30.4 Å². The standard InChI is InChI=1S/C22H17N5O6S/c1-12(28)23-9-13-5-7-14(8-6-13)16-11-34-22(24-16)25-18(29)10-26-20(30)15-3-2-4-17(27(32)33)19(15)21(26)31/h2-8,11H,9-10H2,1H3,(H,23,28)(H,24,25,29). The second-order valence-electron chi connectivity index (χ2n) is 7.35. The number of nitro groups is 1. The van der Waals surface area contributed by atoms with Crippen LogP contribution in [0.4, 0.5) is 10.8 Å². The summed E-state index contributed by atoms with van der Waals surface area (Å²) < 4.78 is 0. The molecule has 12 heteroatoms. The van der Waals surface area contributed by atoms with Gasteiger partial charge < -0.3 is 10.6 Å². The average molecular weight is 479 g/mol. The van der Waals surface area contributed by atoms with E-state index >= 15 is 0 Å². The van der Waals surface area contributed by atoms with Gasteiger partial charge in [-0.05, 0) is 11.6 Å². The van der Waals surface area contributed by atoms with Crippen LogP contribution in [-0.2, 0) is 16.1 Å². The van der Waals surface area contributed by atoms with E-state index in [0.717, 1.165) is 17.2 Å². The molecule has 2 aromatic carbocycles. The quantitative estimate of drug-likeness (QED) is 0.300. The summed E-state index contributed by atoms with van der Waals surface area (Å²) in [5.74, 6) is -2.44. The molecule has 1 aliphatic heterocycles. The lowest BCUT2D eigenvalue weighted by Gasteiger charge is -2.12. The molecular formula is C22H17N5O6S. The third kappa shape index (κ3) is 4.52. The molecule has 0 aliphatic carbocycles. The number of hydrogen-bond acceptors (Lipinski definition) is 8. The minimum absolute atomic E-state index is 0.106. The number of nitro benzene ring substituents is 1. The Balaban J connectivity index is 1.41. The fourth-order valence-electron chi connectivity index (χ4n) is 3.40. The maximum Gasteiger partial charge on any atom is 0.282 e. The number of nitrogens with one attached hydrogen (secondary N) is 2. The number of carbonyl (C=O) groups is 4. The number of nitrogens with zero attached hydrogens (tertiary/aromatic N) is 3. The second-order valence-corrected chi connectivity index (χ2v) is 8.20. The van der Waals surface area contributed by atoms with Crippen molar-refractivity contribution in [2.24, 2.45) is 0 Å². The van der Waals surface area contributed by atoms with Gasteiger partial charge in [0.15, 0.2) is 5.13 Å². The van der Waals surface area contributed by atoms with Crippen molar-refractivity contribution in [1.29, 1.82) is 0 Å². The molecule has 0 unspecified atom stereocenters. The van der Waals surface area contributed by atoms with Crippen LogP contribution in [0.3, 0.4) is 0 Å². The summed E-state index contributed by atoms with van der Waals surface area (Å²) in [6, 6.07) is 11.1. The van der Waals surface area contributed by atoms with Crippen molar-refractivity contribution in [2.75, 3.05) is 11.9 Å². The van der Waals surface area contributed by atoms with E-state index in [0.29, 0.717) is 17.1 Å². The van der Waals surface area contributed by atoms with E-state index in [1.54, 1.807) is 5.38 Å². The molecule has 2 N–H and O–H groups in total. The van der Waals surface area contributed by atoms with Crippen molar-refractivity contribution in [3.05, 3.63) is 74.6 Å². The number of thiazole rings is 1. The van der Waals surface area contributed by atoms with Crippen LogP contribution in [0.2, 0.25) is 0 Å². The van der Waals surface area contributed by atoms with Crippen LogP contribution in [0.5, 0.6) is 0 Å². The highest BCUT2D eigenvalue weighted by molar-refractivity contribution is 7.14. The number of carbonyl (C=O) groups excluding carboxylic acids is 4. The zero-order valence-electron chi connectivity index (χ0n) is 17.7. The molecule has 0 radical (unpaired) electrons. The first-order chi connectivity index (χ1) is 16.2. The molecule has 0 saturated carbocycles. The first-order valence-electron chi connectivity index (χ1n) is 9.97. The Bertz CT molecular complexity index is 1330. The molecule has 4 rings (SSSR count). The van der Waals surface area contributed by atoms with Crippen LogP contribution >= 0.6 is 11.3 Å². The summed E-state index contributed by atoms with van der Waals surface area (Å²) in [5, 5.41) is 18.5. The van der Waals surface area contributed by atoms with Crippen molar-refractivity contribution in [3.63, 3.8) is 0 Å². The van der Waals surface area contributed by atoms with Gasteiger partial charge in [-0.2, -0.15) is 0 Å². The molecule has 0 spiro atoms. The zero-order valence-corrected chi connectivity index (χ0v) is 18.5. The highest BCUT2D eigenvalue weighted by atomic mass is 32.1. The number of fused-ring (bicyclic) bond motifs is 1. The van der Waals surface area contributed by atoms with Crippen molar-refractivity contribution in [2.45, 2.75) is 13.5 Å². The Morgan fingerprint density at radius 1 is 1.12 bits per heavy atom. The number of aromatic nitrogens is 1. The van der Waals surface area contributed by atoms with Gasteiger partial charge in [0.25, 0.3) is 17.5 Å². The van der Waals surface area contributed by atoms with Crippen LogP contribution in [0.15, 0.2) is 47.8 Å². The molecule has 172 valence electrons. The van der Waals surface area contributed by atoms with Crippen molar-refractivity contribution in [1.82, 2.24) is 15.2 Å². The largest absolute Gasteiger partial charge is 0.352 e. The molecule has 0 bridgehead atoms. The van der Waals surface area contributed by atoms with E-state index in [1.807, 2.05) is 24.3 Å². The van der Waals surface area contributed by atoms with Gasteiger partial charge in [0, 0.05) is 30.5 Å². The SMILES string of the molecule is CC(=O)NCc1ccc(-c2csc(NC(=O)CN3C(=O)c4cccc([N+](=O)[O-])c4C3=O)n2)cc1. The Hall–Kier alpha value is -4.45. The third-order valence-corrected chi connectivity index (χ3v) is 5.77. The highest BCUT2D eigenvalue weighted by Crippen LogP contribution is 2.31. The molecule has 0 saturated heterocycles. The lowest BCUT2D eigenvalue weighted by Crippen LogP contribution is -2.37. The topological polar surface area (TPSA) is 152 Å². The lowest BCUT2D eigenvalue weighted by atomic mass is 10.1. The maximum atomic E-state index is 12.6. The monoisotopic (exact) mass is 479 g/mol. The van der Waals surface area contributed by atoms with Gasteiger partial charge in [-0.15, -0.1) is 11.3 Å². The van der Waals surface area contributed by atoms with Gasteiger partial charge in [0.2, 0.25) is 11.8 Å². The molecule has 1 aliphatic rings. The number of benzene rings is 2. The summed E-state index contributed by atoms with van der Waals surface area (Å²) in [5.41, 5.74) is 1.43. The molecule has 0 fully saturated rings. The molecule has 3 aromatic rings. The molecule has 4 amide bonds. The van der Waals surface area contributed by atoms with Crippen LogP contribution in [0.1, 0.15) is 33.2 Å². The van der Waals surface area contributed by atoms with Gasteiger partial charge >= 0.3 is 0 Å². The Labute approximate surface area is 196 Å². The van der Waals surface area contributed by atoms with Gasteiger partial charge in [-0.25, -0.2) is 4.98 Å². The average Bonchev–Trinajstić information content (AvgIpc) is 3.36. The van der Waals surface area contributed by atoms with Crippen molar-refractivity contribution < 1.29 is 24.1 Å². The molecule has 1 aromatic heterocycles. The van der Waals surface area contributed by atoms with Gasteiger partial charge in [0.05, 0.1) is 16.2 Å². The summed E-state index contributed by atoms with van der Waals surface area (Å²) in [7, 11) is 0. The maximum absolute atomic E-state index is 12.6. The number of imide groups is 1. The first-order valence-corrected chi connectivity index (χ1v) is 10.9. The smallest absolute Gasteiger partial charge is 0.282 e.